The molecule has 2 N–H and O–H groups in total. The van der Waals surface area contributed by atoms with Crippen molar-refractivity contribution >= 4 is 16.3 Å². The molecule has 1 aromatic rings. The molecule has 0 radical (unpaired) electrons. The molecule has 0 aromatic carbocycles. The number of thiophene rings is 1. The van der Waals surface area contributed by atoms with Gasteiger partial charge in [-0.15, -0.1) is 0 Å². The van der Waals surface area contributed by atoms with Crippen LogP contribution in [0.5, 0.6) is 0 Å². The smallest absolute Gasteiger partial charge is 0.324 e. The SMILES string of the molecule is CC(O)CCNCc1ccc([N+](=O)[O-])s1. The first-order valence-corrected chi connectivity index (χ1v) is 5.53. The number of nitrogens with zero attached hydrogens (tertiary/aromatic N) is 1. The predicted molar refractivity (Wildman–Crippen MR) is 59.0 cm³/mol. The van der Waals surface area contributed by atoms with Gasteiger partial charge < -0.3 is 10.4 Å². The van der Waals surface area contributed by atoms with Gasteiger partial charge >= 0.3 is 5.00 Å². The number of rotatable bonds is 6. The van der Waals surface area contributed by atoms with E-state index in [2.05, 4.69) is 5.32 Å². The van der Waals surface area contributed by atoms with Gasteiger partial charge in [0.1, 0.15) is 0 Å². The first-order chi connectivity index (χ1) is 7.09. The molecule has 0 aliphatic carbocycles. The van der Waals surface area contributed by atoms with Crippen LogP contribution in [0.25, 0.3) is 0 Å². The van der Waals surface area contributed by atoms with Crippen molar-refractivity contribution in [3.8, 4) is 0 Å². The normalized spacial score (nSPS) is 12.7. The van der Waals surface area contributed by atoms with Crippen molar-refractivity contribution in [3.63, 3.8) is 0 Å². The van der Waals surface area contributed by atoms with Crippen molar-refractivity contribution in [2.75, 3.05) is 6.54 Å². The first-order valence-electron chi connectivity index (χ1n) is 4.71. The molecule has 15 heavy (non-hydrogen) atoms. The van der Waals surface area contributed by atoms with Crippen LogP contribution in [-0.2, 0) is 6.54 Å². The zero-order chi connectivity index (χ0) is 11.3. The summed E-state index contributed by atoms with van der Waals surface area (Å²) in [5.41, 5.74) is 0. The van der Waals surface area contributed by atoms with Crippen LogP contribution < -0.4 is 5.32 Å². The Balaban J connectivity index is 2.29. The highest BCUT2D eigenvalue weighted by molar-refractivity contribution is 7.15. The van der Waals surface area contributed by atoms with Gasteiger partial charge in [0.15, 0.2) is 0 Å². The van der Waals surface area contributed by atoms with E-state index in [0.717, 1.165) is 4.88 Å². The molecular formula is C9H14N2O3S. The fourth-order valence-electron chi connectivity index (χ4n) is 1.08. The summed E-state index contributed by atoms with van der Waals surface area (Å²) in [4.78, 5) is 10.9. The van der Waals surface area contributed by atoms with Gasteiger partial charge in [-0.1, -0.05) is 11.3 Å². The van der Waals surface area contributed by atoms with Crippen LogP contribution in [0.15, 0.2) is 12.1 Å². The molecule has 0 aliphatic rings. The van der Waals surface area contributed by atoms with Gasteiger partial charge in [-0.2, -0.15) is 0 Å². The first kappa shape index (κ1) is 12.1. The maximum atomic E-state index is 10.4. The topological polar surface area (TPSA) is 75.4 Å². The molecule has 6 heteroatoms. The van der Waals surface area contributed by atoms with Crippen molar-refractivity contribution in [1.82, 2.24) is 5.32 Å². The monoisotopic (exact) mass is 230 g/mol. The second-order valence-corrected chi connectivity index (χ2v) is 4.46. The minimum atomic E-state index is -0.385. The molecule has 0 fully saturated rings. The molecule has 0 saturated carbocycles. The van der Waals surface area contributed by atoms with E-state index in [9.17, 15) is 10.1 Å². The summed E-state index contributed by atoms with van der Waals surface area (Å²) in [5, 5.41) is 22.7. The number of aliphatic hydroxyl groups excluding tert-OH is 1. The lowest BCUT2D eigenvalue weighted by molar-refractivity contribution is -0.380. The number of hydrogen-bond donors (Lipinski definition) is 2. The van der Waals surface area contributed by atoms with Gasteiger partial charge in [0, 0.05) is 17.5 Å². The Labute approximate surface area is 91.9 Å². The van der Waals surface area contributed by atoms with Gasteiger partial charge in [-0.3, -0.25) is 10.1 Å². The molecule has 1 atom stereocenters. The maximum absolute atomic E-state index is 10.4. The van der Waals surface area contributed by atoms with Gasteiger partial charge in [-0.05, 0) is 26.0 Å². The lowest BCUT2D eigenvalue weighted by Crippen LogP contribution is -2.17. The highest BCUT2D eigenvalue weighted by Crippen LogP contribution is 2.23. The third-order valence-corrected chi connectivity index (χ3v) is 2.90. The molecule has 0 saturated heterocycles. The second-order valence-electron chi connectivity index (χ2n) is 3.31. The summed E-state index contributed by atoms with van der Waals surface area (Å²) in [6.07, 6.45) is 0.378. The Bertz CT molecular complexity index is 325. The van der Waals surface area contributed by atoms with Crippen molar-refractivity contribution in [3.05, 3.63) is 27.1 Å². The fraction of sp³-hybridized carbons (Fsp3) is 0.556. The molecular weight excluding hydrogens is 216 g/mol. The molecule has 0 amide bonds. The fourth-order valence-corrected chi connectivity index (χ4v) is 1.87. The largest absolute Gasteiger partial charge is 0.393 e. The summed E-state index contributed by atoms with van der Waals surface area (Å²) in [7, 11) is 0. The van der Waals surface area contributed by atoms with E-state index in [1.165, 1.54) is 17.4 Å². The third-order valence-electron chi connectivity index (χ3n) is 1.87. The van der Waals surface area contributed by atoms with Crippen LogP contribution in [-0.4, -0.2) is 22.7 Å². The number of hydrogen-bond acceptors (Lipinski definition) is 5. The minimum Gasteiger partial charge on any atom is -0.393 e. The zero-order valence-corrected chi connectivity index (χ0v) is 9.29. The standard InChI is InChI=1S/C9H14N2O3S/c1-7(12)4-5-10-6-8-2-3-9(15-8)11(13)14/h2-3,7,10,12H,4-6H2,1H3. The van der Waals surface area contributed by atoms with Crippen LogP contribution in [0.1, 0.15) is 18.2 Å². The van der Waals surface area contributed by atoms with Gasteiger partial charge in [0.2, 0.25) is 0 Å². The number of nitro groups is 1. The number of nitrogens with one attached hydrogen (secondary N) is 1. The summed E-state index contributed by atoms with van der Waals surface area (Å²) in [5.74, 6) is 0. The average Bonchev–Trinajstić information content (AvgIpc) is 2.60. The van der Waals surface area contributed by atoms with Gasteiger partial charge in [0.25, 0.3) is 0 Å². The molecule has 0 bridgehead atoms. The van der Waals surface area contributed by atoms with E-state index >= 15 is 0 Å². The average molecular weight is 230 g/mol. The van der Waals surface area contributed by atoms with E-state index < -0.39 is 0 Å². The Morgan fingerprint density at radius 2 is 2.40 bits per heavy atom. The summed E-state index contributed by atoms with van der Waals surface area (Å²) >= 11 is 1.18. The maximum Gasteiger partial charge on any atom is 0.324 e. The third kappa shape index (κ3) is 4.37. The molecule has 1 aromatic heterocycles. The molecule has 84 valence electrons. The molecule has 5 nitrogen and oxygen atoms in total. The molecule has 0 aliphatic heterocycles. The van der Waals surface area contributed by atoms with Crippen LogP contribution in [0.4, 0.5) is 5.00 Å². The zero-order valence-electron chi connectivity index (χ0n) is 8.47. The second kappa shape index (κ2) is 5.79. The quantitative estimate of drug-likeness (QED) is 0.441. The van der Waals surface area contributed by atoms with Crippen LogP contribution in [0.2, 0.25) is 0 Å². The molecule has 1 rings (SSSR count). The Morgan fingerprint density at radius 3 is 2.93 bits per heavy atom. The Hall–Kier alpha value is -0.980. The highest BCUT2D eigenvalue weighted by Gasteiger charge is 2.08. The van der Waals surface area contributed by atoms with Crippen LogP contribution in [0, 0.1) is 10.1 Å². The van der Waals surface area contributed by atoms with E-state index in [1.807, 2.05) is 0 Å². The van der Waals surface area contributed by atoms with E-state index in [-0.39, 0.29) is 16.0 Å². The molecule has 1 heterocycles. The van der Waals surface area contributed by atoms with E-state index in [0.29, 0.717) is 19.5 Å². The van der Waals surface area contributed by atoms with Gasteiger partial charge in [0.05, 0.1) is 11.0 Å². The lowest BCUT2D eigenvalue weighted by atomic mass is 10.3. The van der Waals surface area contributed by atoms with Crippen LogP contribution in [0.3, 0.4) is 0 Å². The Kier molecular flexibility index (Phi) is 4.67. The van der Waals surface area contributed by atoms with E-state index in [4.69, 9.17) is 5.11 Å². The minimum absolute atomic E-state index is 0.169. The molecule has 0 spiro atoms. The predicted octanol–water partition coefficient (Wildman–Crippen LogP) is 1.52. The summed E-state index contributed by atoms with van der Waals surface area (Å²) in [6, 6.07) is 3.26. The molecule has 1 unspecified atom stereocenters. The highest BCUT2D eigenvalue weighted by atomic mass is 32.1. The van der Waals surface area contributed by atoms with Crippen molar-refractivity contribution in [1.29, 1.82) is 0 Å². The van der Waals surface area contributed by atoms with Gasteiger partial charge in [-0.25, -0.2) is 0 Å². The lowest BCUT2D eigenvalue weighted by Gasteiger charge is -2.04. The summed E-state index contributed by atoms with van der Waals surface area (Å²) < 4.78 is 0. The van der Waals surface area contributed by atoms with Crippen molar-refractivity contribution in [2.24, 2.45) is 0 Å². The van der Waals surface area contributed by atoms with Crippen LogP contribution >= 0.6 is 11.3 Å². The number of aliphatic hydroxyl groups is 1. The summed E-state index contributed by atoms with van der Waals surface area (Å²) in [6.45, 7) is 3.06. The Morgan fingerprint density at radius 1 is 1.67 bits per heavy atom. The van der Waals surface area contributed by atoms with E-state index in [1.54, 1.807) is 13.0 Å². The van der Waals surface area contributed by atoms with Crippen molar-refractivity contribution in [2.45, 2.75) is 26.0 Å². The van der Waals surface area contributed by atoms with Crippen molar-refractivity contribution < 1.29 is 10.0 Å².